The van der Waals surface area contributed by atoms with Gasteiger partial charge in [-0.25, -0.2) is 0 Å². The van der Waals surface area contributed by atoms with Crippen molar-refractivity contribution in [3.05, 3.63) is 29.3 Å². The minimum Gasteiger partial charge on any atom is -0.490 e. The molecule has 0 atom stereocenters. The van der Waals surface area contributed by atoms with Crippen LogP contribution in [0.25, 0.3) is 0 Å². The summed E-state index contributed by atoms with van der Waals surface area (Å²) < 4.78 is 5.71. The van der Waals surface area contributed by atoms with Crippen LogP contribution in [0.3, 0.4) is 0 Å². The van der Waals surface area contributed by atoms with E-state index in [0.29, 0.717) is 11.3 Å². The summed E-state index contributed by atoms with van der Waals surface area (Å²) in [6.45, 7) is 4.09. The maximum atomic E-state index is 11.5. The van der Waals surface area contributed by atoms with Crippen LogP contribution < -0.4 is 10.5 Å². The van der Waals surface area contributed by atoms with E-state index in [1.165, 1.54) is 0 Å². The second kappa shape index (κ2) is 4.16. The predicted octanol–water partition coefficient (Wildman–Crippen LogP) is 2.45. The Morgan fingerprint density at radius 2 is 2.12 bits per heavy atom. The highest BCUT2D eigenvalue weighted by Crippen LogP contribution is 2.32. The third kappa shape index (κ3) is 2.18. The van der Waals surface area contributed by atoms with E-state index >= 15 is 0 Å². The summed E-state index contributed by atoms with van der Waals surface area (Å²) in [6.07, 6.45) is 2.43. The molecule has 1 aromatic rings. The summed E-state index contributed by atoms with van der Waals surface area (Å²) >= 11 is 0. The highest BCUT2D eigenvalue weighted by atomic mass is 16.5. The van der Waals surface area contributed by atoms with Crippen LogP contribution in [-0.2, 0) is 0 Å². The van der Waals surface area contributed by atoms with Gasteiger partial charge in [0.25, 0.3) is 5.91 Å². The first-order chi connectivity index (χ1) is 7.59. The van der Waals surface area contributed by atoms with E-state index in [2.05, 4.69) is 0 Å². The molecule has 0 bridgehead atoms. The number of amides is 1. The molecular formula is C13H17NO2. The third-order valence-corrected chi connectivity index (χ3v) is 2.74. The van der Waals surface area contributed by atoms with Crippen molar-refractivity contribution in [1.29, 1.82) is 0 Å². The maximum absolute atomic E-state index is 11.5. The van der Waals surface area contributed by atoms with E-state index in [0.717, 1.165) is 18.4 Å². The Morgan fingerprint density at radius 3 is 2.62 bits per heavy atom. The summed E-state index contributed by atoms with van der Waals surface area (Å²) in [4.78, 5) is 11.5. The van der Waals surface area contributed by atoms with Crippen molar-refractivity contribution in [2.75, 3.05) is 0 Å². The fraction of sp³-hybridized carbons (Fsp3) is 0.462. The van der Waals surface area contributed by atoms with Crippen molar-refractivity contribution in [2.45, 2.75) is 38.7 Å². The lowest BCUT2D eigenvalue weighted by Gasteiger charge is -2.15. The van der Waals surface area contributed by atoms with E-state index in [1.807, 2.05) is 32.0 Å². The molecule has 1 aromatic carbocycles. The molecule has 86 valence electrons. The molecule has 1 amide bonds. The van der Waals surface area contributed by atoms with E-state index in [4.69, 9.17) is 10.5 Å². The standard InChI is InChI=1S/C13H17NO2/c1-8(2)10-4-3-5-11(12(10)13(14)15)16-9-6-7-9/h3-5,8-9H,6-7H2,1-2H3,(H2,14,15). The largest absolute Gasteiger partial charge is 0.490 e. The quantitative estimate of drug-likeness (QED) is 0.845. The van der Waals surface area contributed by atoms with Crippen LogP contribution in [0.2, 0.25) is 0 Å². The molecule has 3 nitrogen and oxygen atoms in total. The van der Waals surface area contributed by atoms with Crippen LogP contribution in [0.5, 0.6) is 5.75 Å². The van der Waals surface area contributed by atoms with E-state index in [9.17, 15) is 4.79 Å². The summed E-state index contributed by atoms with van der Waals surface area (Å²) in [5, 5.41) is 0. The Bertz CT molecular complexity index is 408. The van der Waals surface area contributed by atoms with Gasteiger partial charge < -0.3 is 10.5 Å². The van der Waals surface area contributed by atoms with Crippen molar-refractivity contribution in [3.63, 3.8) is 0 Å². The first-order valence-electron chi connectivity index (χ1n) is 5.69. The van der Waals surface area contributed by atoms with Crippen molar-refractivity contribution < 1.29 is 9.53 Å². The lowest BCUT2D eigenvalue weighted by atomic mass is 9.96. The van der Waals surface area contributed by atoms with Gasteiger partial charge in [-0.2, -0.15) is 0 Å². The van der Waals surface area contributed by atoms with Crippen molar-refractivity contribution >= 4 is 5.91 Å². The summed E-state index contributed by atoms with van der Waals surface area (Å²) in [5.74, 6) is 0.506. The summed E-state index contributed by atoms with van der Waals surface area (Å²) in [6, 6.07) is 5.67. The number of ether oxygens (including phenoxy) is 1. The van der Waals surface area contributed by atoms with E-state index in [1.54, 1.807) is 0 Å². The highest BCUT2D eigenvalue weighted by Gasteiger charge is 2.26. The number of nitrogens with two attached hydrogens (primary N) is 1. The minimum absolute atomic E-state index is 0.269. The molecule has 0 heterocycles. The number of rotatable bonds is 4. The Labute approximate surface area is 95.6 Å². The van der Waals surface area contributed by atoms with Crippen LogP contribution >= 0.6 is 0 Å². The number of hydrogen-bond acceptors (Lipinski definition) is 2. The average Bonchev–Trinajstić information content (AvgIpc) is 3.00. The highest BCUT2D eigenvalue weighted by molar-refractivity contribution is 5.97. The topological polar surface area (TPSA) is 52.3 Å². The van der Waals surface area contributed by atoms with Crippen LogP contribution in [0.4, 0.5) is 0 Å². The minimum atomic E-state index is -0.403. The zero-order chi connectivity index (χ0) is 11.7. The van der Waals surface area contributed by atoms with Gasteiger partial charge >= 0.3 is 0 Å². The predicted molar refractivity (Wildman–Crippen MR) is 62.7 cm³/mol. The van der Waals surface area contributed by atoms with Gasteiger partial charge in [-0.1, -0.05) is 26.0 Å². The maximum Gasteiger partial charge on any atom is 0.252 e. The lowest BCUT2D eigenvalue weighted by molar-refractivity contribution is 0.0994. The molecule has 16 heavy (non-hydrogen) atoms. The van der Waals surface area contributed by atoms with E-state index < -0.39 is 5.91 Å². The Morgan fingerprint density at radius 1 is 1.44 bits per heavy atom. The fourth-order valence-electron chi connectivity index (χ4n) is 1.76. The van der Waals surface area contributed by atoms with Crippen molar-refractivity contribution in [1.82, 2.24) is 0 Å². The zero-order valence-electron chi connectivity index (χ0n) is 9.69. The lowest BCUT2D eigenvalue weighted by Crippen LogP contribution is -2.16. The smallest absolute Gasteiger partial charge is 0.252 e. The van der Waals surface area contributed by atoms with Crippen LogP contribution in [0, 0.1) is 0 Å². The molecule has 2 N–H and O–H groups in total. The van der Waals surface area contributed by atoms with Crippen LogP contribution in [0.1, 0.15) is 48.5 Å². The molecule has 3 heteroatoms. The fourth-order valence-corrected chi connectivity index (χ4v) is 1.76. The molecule has 0 spiro atoms. The molecule has 0 radical (unpaired) electrons. The number of carbonyl (C=O) groups is 1. The van der Waals surface area contributed by atoms with Crippen LogP contribution in [-0.4, -0.2) is 12.0 Å². The Hall–Kier alpha value is -1.51. The average molecular weight is 219 g/mol. The molecule has 0 unspecified atom stereocenters. The number of hydrogen-bond donors (Lipinski definition) is 1. The monoisotopic (exact) mass is 219 g/mol. The number of primary amides is 1. The van der Waals surface area contributed by atoms with E-state index in [-0.39, 0.29) is 12.0 Å². The molecule has 0 aliphatic heterocycles. The van der Waals surface area contributed by atoms with Gasteiger partial charge in [0.15, 0.2) is 0 Å². The normalized spacial score (nSPS) is 15.2. The van der Waals surface area contributed by atoms with Gasteiger partial charge in [-0.15, -0.1) is 0 Å². The van der Waals surface area contributed by atoms with Gasteiger partial charge in [-0.05, 0) is 30.4 Å². The second-order valence-corrected chi connectivity index (χ2v) is 4.56. The molecule has 0 saturated heterocycles. The first-order valence-corrected chi connectivity index (χ1v) is 5.69. The molecular weight excluding hydrogens is 202 g/mol. The van der Waals surface area contributed by atoms with Gasteiger partial charge in [0.1, 0.15) is 5.75 Å². The van der Waals surface area contributed by atoms with Gasteiger partial charge in [0.2, 0.25) is 0 Å². The molecule has 2 rings (SSSR count). The number of carbonyl (C=O) groups excluding carboxylic acids is 1. The molecule has 1 saturated carbocycles. The SMILES string of the molecule is CC(C)c1cccc(OC2CC2)c1C(N)=O. The van der Waals surface area contributed by atoms with Gasteiger partial charge in [0.05, 0.1) is 11.7 Å². The summed E-state index contributed by atoms with van der Waals surface area (Å²) in [5.41, 5.74) is 6.94. The Balaban J connectivity index is 2.41. The molecule has 1 aliphatic rings. The molecule has 1 fully saturated rings. The third-order valence-electron chi connectivity index (χ3n) is 2.74. The Kier molecular flexibility index (Phi) is 2.86. The van der Waals surface area contributed by atoms with Gasteiger partial charge in [0, 0.05) is 0 Å². The van der Waals surface area contributed by atoms with Crippen molar-refractivity contribution in [2.24, 2.45) is 5.73 Å². The first kappa shape index (κ1) is 11.0. The zero-order valence-corrected chi connectivity index (χ0v) is 9.69. The summed E-state index contributed by atoms with van der Waals surface area (Å²) in [7, 11) is 0. The second-order valence-electron chi connectivity index (χ2n) is 4.56. The molecule has 1 aliphatic carbocycles. The number of benzene rings is 1. The van der Waals surface area contributed by atoms with Gasteiger partial charge in [-0.3, -0.25) is 4.79 Å². The van der Waals surface area contributed by atoms with Crippen molar-refractivity contribution in [3.8, 4) is 5.75 Å². The molecule has 0 aromatic heterocycles. The van der Waals surface area contributed by atoms with Crippen LogP contribution in [0.15, 0.2) is 18.2 Å².